The summed E-state index contributed by atoms with van der Waals surface area (Å²) in [4.78, 5) is 36.2. The maximum atomic E-state index is 12.3. The molecule has 3 rings (SSSR count). The molecular formula is C15H21N5O2. The summed E-state index contributed by atoms with van der Waals surface area (Å²) in [5.74, 6) is 0.00117. The van der Waals surface area contributed by atoms with Gasteiger partial charge in [-0.25, -0.2) is 4.98 Å². The Morgan fingerprint density at radius 1 is 1.18 bits per heavy atom. The predicted molar refractivity (Wildman–Crippen MR) is 80.3 cm³/mol. The lowest BCUT2D eigenvalue weighted by Crippen LogP contribution is -2.51. The molecule has 0 atom stereocenters. The highest BCUT2D eigenvalue weighted by Crippen LogP contribution is 2.18. The van der Waals surface area contributed by atoms with Crippen molar-refractivity contribution in [3.63, 3.8) is 0 Å². The number of nitrogens with one attached hydrogen (secondary N) is 1. The number of amides is 2. The fraction of sp³-hybridized carbons (Fsp3) is 0.600. The van der Waals surface area contributed by atoms with Crippen molar-refractivity contribution in [2.75, 3.05) is 32.7 Å². The van der Waals surface area contributed by atoms with Gasteiger partial charge in [-0.2, -0.15) is 0 Å². The van der Waals surface area contributed by atoms with Crippen LogP contribution in [-0.2, 0) is 4.79 Å². The van der Waals surface area contributed by atoms with E-state index in [9.17, 15) is 9.59 Å². The molecule has 1 N–H and O–H groups in total. The molecule has 0 unspecified atom stereocenters. The van der Waals surface area contributed by atoms with Gasteiger partial charge in [-0.05, 0) is 19.8 Å². The van der Waals surface area contributed by atoms with Crippen molar-refractivity contribution in [1.29, 1.82) is 0 Å². The highest BCUT2D eigenvalue weighted by Gasteiger charge is 2.27. The molecule has 2 fully saturated rings. The van der Waals surface area contributed by atoms with Crippen LogP contribution in [0.2, 0.25) is 0 Å². The van der Waals surface area contributed by atoms with Gasteiger partial charge in [0.1, 0.15) is 5.69 Å². The Bertz CT molecular complexity index is 548. The van der Waals surface area contributed by atoms with Crippen molar-refractivity contribution in [3.8, 4) is 0 Å². The second-order valence-corrected chi connectivity index (χ2v) is 5.95. The second kappa shape index (κ2) is 6.39. The third-order valence-electron chi connectivity index (χ3n) is 3.97. The molecule has 1 saturated carbocycles. The van der Waals surface area contributed by atoms with Crippen LogP contribution >= 0.6 is 0 Å². The third kappa shape index (κ3) is 3.79. The first kappa shape index (κ1) is 14.9. The molecule has 1 aromatic rings. The first-order chi connectivity index (χ1) is 10.6. The summed E-state index contributed by atoms with van der Waals surface area (Å²) < 4.78 is 0. The number of nitrogens with zero attached hydrogens (tertiary/aromatic N) is 4. The van der Waals surface area contributed by atoms with E-state index in [1.807, 2.05) is 6.92 Å². The average Bonchev–Trinajstić information content (AvgIpc) is 3.32. The van der Waals surface area contributed by atoms with E-state index in [4.69, 9.17) is 0 Å². The Morgan fingerprint density at radius 3 is 2.50 bits per heavy atom. The van der Waals surface area contributed by atoms with Crippen LogP contribution in [0.15, 0.2) is 12.4 Å². The van der Waals surface area contributed by atoms with Crippen molar-refractivity contribution >= 4 is 11.8 Å². The molecule has 118 valence electrons. The molecule has 7 heteroatoms. The molecule has 22 heavy (non-hydrogen) atoms. The van der Waals surface area contributed by atoms with Crippen LogP contribution in [0.4, 0.5) is 0 Å². The van der Waals surface area contributed by atoms with Crippen molar-refractivity contribution in [2.24, 2.45) is 0 Å². The zero-order valence-corrected chi connectivity index (χ0v) is 12.8. The second-order valence-electron chi connectivity index (χ2n) is 5.95. The summed E-state index contributed by atoms with van der Waals surface area (Å²) in [5.41, 5.74) is 1.17. The molecule has 1 saturated heterocycles. The molecule has 2 aliphatic rings. The van der Waals surface area contributed by atoms with Gasteiger partial charge >= 0.3 is 0 Å². The Labute approximate surface area is 129 Å². The van der Waals surface area contributed by atoms with Gasteiger partial charge in [-0.1, -0.05) is 0 Å². The van der Waals surface area contributed by atoms with E-state index in [-0.39, 0.29) is 11.8 Å². The minimum Gasteiger partial charge on any atom is -0.352 e. The van der Waals surface area contributed by atoms with Crippen molar-refractivity contribution in [2.45, 2.75) is 25.8 Å². The number of piperazine rings is 1. The van der Waals surface area contributed by atoms with Crippen molar-refractivity contribution < 1.29 is 9.59 Å². The quantitative estimate of drug-likeness (QED) is 0.835. The maximum absolute atomic E-state index is 12.3. The molecular weight excluding hydrogens is 282 g/mol. The monoisotopic (exact) mass is 303 g/mol. The smallest absolute Gasteiger partial charge is 0.274 e. The van der Waals surface area contributed by atoms with Gasteiger partial charge in [0.25, 0.3) is 5.91 Å². The molecule has 0 radical (unpaired) electrons. The molecule has 7 nitrogen and oxygen atoms in total. The molecule has 1 aliphatic carbocycles. The highest BCUT2D eigenvalue weighted by atomic mass is 16.2. The van der Waals surface area contributed by atoms with E-state index >= 15 is 0 Å². The molecule has 1 aromatic heterocycles. The van der Waals surface area contributed by atoms with Gasteiger partial charge in [0, 0.05) is 38.4 Å². The Hall–Kier alpha value is -2.02. The standard InChI is InChI=1S/C15H21N5O2/c1-11-8-17-13(9-16-11)15(22)20-6-4-19(5-7-20)10-14(21)18-12-2-3-12/h8-9,12H,2-7,10H2,1H3,(H,18,21). The van der Waals surface area contributed by atoms with E-state index in [1.165, 1.54) is 6.20 Å². The lowest BCUT2D eigenvalue weighted by Gasteiger charge is -2.34. The van der Waals surface area contributed by atoms with Crippen LogP contribution in [-0.4, -0.2) is 70.3 Å². The third-order valence-corrected chi connectivity index (χ3v) is 3.97. The summed E-state index contributed by atoms with van der Waals surface area (Å²) in [6.45, 7) is 4.91. The van der Waals surface area contributed by atoms with Crippen molar-refractivity contribution in [3.05, 3.63) is 23.8 Å². The SMILES string of the molecule is Cc1cnc(C(=O)N2CCN(CC(=O)NC3CC3)CC2)cn1. The molecule has 0 aromatic carbocycles. The van der Waals surface area contributed by atoms with E-state index in [1.54, 1.807) is 11.1 Å². The van der Waals surface area contributed by atoms with Crippen LogP contribution in [0.3, 0.4) is 0 Å². The number of hydrogen-bond acceptors (Lipinski definition) is 5. The molecule has 1 aliphatic heterocycles. The van der Waals surface area contributed by atoms with E-state index in [2.05, 4.69) is 20.2 Å². The van der Waals surface area contributed by atoms with Gasteiger partial charge in [0.15, 0.2) is 0 Å². The van der Waals surface area contributed by atoms with E-state index in [0.29, 0.717) is 44.5 Å². The number of rotatable bonds is 4. The Morgan fingerprint density at radius 2 is 1.91 bits per heavy atom. The maximum Gasteiger partial charge on any atom is 0.274 e. The van der Waals surface area contributed by atoms with Crippen LogP contribution in [0.25, 0.3) is 0 Å². The summed E-state index contributed by atoms with van der Waals surface area (Å²) in [5, 5.41) is 2.99. The summed E-state index contributed by atoms with van der Waals surface area (Å²) in [6, 6.07) is 0.399. The van der Waals surface area contributed by atoms with Gasteiger partial charge in [0.05, 0.1) is 18.4 Å². The fourth-order valence-electron chi connectivity index (χ4n) is 2.48. The number of carbonyl (C=O) groups excluding carboxylic acids is 2. The normalized spacial score (nSPS) is 19.0. The largest absolute Gasteiger partial charge is 0.352 e. The van der Waals surface area contributed by atoms with Crippen LogP contribution in [0, 0.1) is 6.92 Å². The number of aryl methyl sites for hydroxylation is 1. The molecule has 0 bridgehead atoms. The Kier molecular flexibility index (Phi) is 4.33. The first-order valence-electron chi connectivity index (χ1n) is 7.71. The van der Waals surface area contributed by atoms with Gasteiger partial charge in [0.2, 0.25) is 5.91 Å². The molecule has 0 spiro atoms. The average molecular weight is 303 g/mol. The number of aromatic nitrogens is 2. The molecule has 2 amide bonds. The van der Waals surface area contributed by atoms with Crippen molar-refractivity contribution in [1.82, 2.24) is 25.1 Å². The summed E-state index contributed by atoms with van der Waals surface area (Å²) in [7, 11) is 0. The van der Waals surface area contributed by atoms with E-state index < -0.39 is 0 Å². The lowest BCUT2D eigenvalue weighted by atomic mass is 10.2. The van der Waals surface area contributed by atoms with Crippen LogP contribution in [0.5, 0.6) is 0 Å². The van der Waals surface area contributed by atoms with Crippen LogP contribution in [0.1, 0.15) is 29.0 Å². The fourth-order valence-corrected chi connectivity index (χ4v) is 2.48. The zero-order valence-electron chi connectivity index (χ0n) is 12.8. The number of carbonyl (C=O) groups is 2. The highest BCUT2D eigenvalue weighted by molar-refractivity contribution is 5.92. The van der Waals surface area contributed by atoms with Gasteiger partial charge in [-0.15, -0.1) is 0 Å². The minimum absolute atomic E-state index is 0.0884. The predicted octanol–water partition coefficient (Wildman–Crippen LogP) is -0.179. The summed E-state index contributed by atoms with van der Waals surface area (Å²) >= 11 is 0. The lowest BCUT2D eigenvalue weighted by molar-refractivity contribution is -0.122. The van der Waals surface area contributed by atoms with Crippen LogP contribution < -0.4 is 5.32 Å². The van der Waals surface area contributed by atoms with Gasteiger partial charge < -0.3 is 10.2 Å². The molecule has 2 heterocycles. The Balaban J connectivity index is 1.47. The zero-order chi connectivity index (χ0) is 15.5. The topological polar surface area (TPSA) is 78.4 Å². The summed E-state index contributed by atoms with van der Waals surface area (Å²) in [6.07, 6.45) is 5.33. The van der Waals surface area contributed by atoms with E-state index in [0.717, 1.165) is 18.5 Å². The minimum atomic E-state index is -0.0884. The van der Waals surface area contributed by atoms with Gasteiger partial charge in [-0.3, -0.25) is 19.5 Å². The number of hydrogen-bond donors (Lipinski definition) is 1. The first-order valence-corrected chi connectivity index (χ1v) is 7.71.